The summed E-state index contributed by atoms with van der Waals surface area (Å²) in [5.74, 6) is 0.239. The molecule has 1 fully saturated rings. The molecule has 1 aromatic heterocycles. The zero-order valence-corrected chi connectivity index (χ0v) is 9.67. The van der Waals surface area contributed by atoms with Crippen molar-refractivity contribution in [1.29, 1.82) is 0 Å². The molecule has 88 valence electrons. The zero-order chi connectivity index (χ0) is 11.4. The van der Waals surface area contributed by atoms with Gasteiger partial charge in [0.2, 0.25) is 5.91 Å². The molecule has 1 atom stereocenters. The van der Waals surface area contributed by atoms with Crippen LogP contribution in [0.5, 0.6) is 0 Å². The smallest absolute Gasteiger partial charge is 0.224 e. The lowest BCUT2D eigenvalue weighted by atomic mass is 10.0. The van der Waals surface area contributed by atoms with Crippen molar-refractivity contribution in [1.82, 2.24) is 19.7 Å². The molecule has 1 unspecified atom stereocenters. The lowest BCUT2D eigenvalue weighted by molar-refractivity contribution is -0.134. The molecule has 1 aliphatic heterocycles. The highest BCUT2D eigenvalue weighted by Crippen LogP contribution is 2.17. The average Bonchev–Trinajstić information content (AvgIpc) is 2.79. The van der Waals surface area contributed by atoms with E-state index in [9.17, 15) is 4.79 Å². The van der Waals surface area contributed by atoms with E-state index in [1.807, 2.05) is 4.90 Å². The van der Waals surface area contributed by atoms with Gasteiger partial charge in [-0.2, -0.15) is 5.10 Å². The minimum Gasteiger partial charge on any atom is -0.340 e. The van der Waals surface area contributed by atoms with E-state index in [2.05, 4.69) is 17.0 Å². The Morgan fingerprint density at radius 1 is 1.50 bits per heavy atom. The van der Waals surface area contributed by atoms with Crippen LogP contribution in [0.2, 0.25) is 0 Å². The highest BCUT2D eigenvalue weighted by molar-refractivity contribution is 5.76. The van der Waals surface area contributed by atoms with Gasteiger partial charge in [-0.15, -0.1) is 0 Å². The maximum Gasteiger partial charge on any atom is 0.224 e. The Labute approximate surface area is 95.5 Å². The third-order valence-electron chi connectivity index (χ3n) is 3.14. The number of aryl methyl sites for hydroxylation is 1. The first-order valence-electron chi connectivity index (χ1n) is 5.89. The molecule has 5 nitrogen and oxygen atoms in total. The molecule has 0 N–H and O–H groups in total. The molecule has 1 aliphatic rings. The van der Waals surface area contributed by atoms with E-state index >= 15 is 0 Å². The van der Waals surface area contributed by atoms with Crippen LogP contribution in [0.1, 0.15) is 32.6 Å². The van der Waals surface area contributed by atoms with E-state index in [4.69, 9.17) is 0 Å². The Morgan fingerprint density at radius 2 is 2.38 bits per heavy atom. The molecule has 1 aromatic rings. The average molecular weight is 222 g/mol. The number of piperidine rings is 1. The van der Waals surface area contributed by atoms with Crippen molar-refractivity contribution in [2.24, 2.45) is 0 Å². The van der Waals surface area contributed by atoms with Crippen LogP contribution in [0.15, 0.2) is 12.7 Å². The van der Waals surface area contributed by atoms with Crippen molar-refractivity contribution >= 4 is 5.91 Å². The first-order valence-corrected chi connectivity index (χ1v) is 5.89. The second-order valence-corrected chi connectivity index (χ2v) is 4.34. The zero-order valence-electron chi connectivity index (χ0n) is 9.67. The summed E-state index contributed by atoms with van der Waals surface area (Å²) in [6, 6.07) is 0.400. The first-order chi connectivity index (χ1) is 7.77. The van der Waals surface area contributed by atoms with Gasteiger partial charge in [0, 0.05) is 19.0 Å². The van der Waals surface area contributed by atoms with Crippen LogP contribution < -0.4 is 0 Å². The summed E-state index contributed by atoms with van der Waals surface area (Å²) >= 11 is 0. The van der Waals surface area contributed by atoms with E-state index in [1.54, 1.807) is 11.0 Å². The van der Waals surface area contributed by atoms with Crippen molar-refractivity contribution in [3.8, 4) is 0 Å². The van der Waals surface area contributed by atoms with Crippen molar-refractivity contribution < 1.29 is 4.79 Å². The molecule has 2 rings (SSSR count). The second kappa shape index (κ2) is 5.09. The third kappa shape index (κ3) is 2.59. The Kier molecular flexibility index (Phi) is 3.54. The van der Waals surface area contributed by atoms with Crippen LogP contribution in [-0.4, -0.2) is 38.2 Å². The number of carbonyl (C=O) groups is 1. The topological polar surface area (TPSA) is 51.0 Å². The number of aromatic nitrogens is 3. The van der Waals surface area contributed by atoms with E-state index in [1.165, 1.54) is 12.7 Å². The van der Waals surface area contributed by atoms with Gasteiger partial charge in [-0.05, 0) is 26.2 Å². The molecule has 5 heteroatoms. The predicted octanol–water partition coefficient (Wildman–Crippen LogP) is 1.07. The molecule has 1 saturated heterocycles. The summed E-state index contributed by atoms with van der Waals surface area (Å²) in [6.45, 7) is 3.67. The molecule has 2 heterocycles. The van der Waals surface area contributed by atoms with E-state index < -0.39 is 0 Å². The van der Waals surface area contributed by atoms with Gasteiger partial charge in [-0.25, -0.2) is 4.98 Å². The minimum atomic E-state index is 0.239. The van der Waals surface area contributed by atoms with E-state index in [0.717, 1.165) is 19.4 Å². The molecule has 0 aliphatic carbocycles. The van der Waals surface area contributed by atoms with Gasteiger partial charge in [-0.1, -0.05) is 0 Å². The van der Waals surface area contributed by atoms with Gasteiger partial charge in [0.1, 0.15) is 12.7 Å². The minimum absolute atomic E-state index is 0.239. The molecular weight excluding hydrogens is 204 g/mol. The maximum atomic E-state index is 12.0. The quantitative estimate of drug-likeness (QED) is 0.768. The van der Waals surface area contributed by atoms with Crippen LogP contribution in [-0.2, 0) is 11.3 Å². The molecule has 1 amide bonds. The van der Waals surface area contributed by atoms with Crippen LogP contribution in [0, 0.1) is 0 Å². The monoisotopic (exact) mass is 222 g/mol. The molecule has 0 aromatic carbocycles. The normalized spacial score (nSPS) is 21.1. The van der Waals surface area contributed by atoms with Gasteiger partial charge >= 0.3 is 0 Å². The number of hydrogen-bond donors (Lipinski definition) is 0. The van der Waals surface area contributed by atoms with Gasteiger partial charge in [0.05, 0.1) is 6.54 Å². The molecule has 16 heavy (non-hydrogen) atoms. The third-order valence-corrected chi connectivity index (χ3v) is 3.14. The number of nitrogens with zero attached hydrogens (tertiary/aromatic N) is 4. The molecular formula is C11H18N4O. The predicted molar refractivity (Wildman–Crippen MR) is 59.7 cm³/mol. The fraction of sp³-hybridized carbons (Fsp3) is 0.727. The van der Waals surface area contributed by atoms with E-state index in [0.29, 0.717) is 19.0 Å². The highest BCUT2D eigenvalue weighted by Gasteiger charge is 2.22. The largest absolute Gasteiger partial charge is 0.340 e. The molecule has 0 radical (unpaired) electrons. The summed E-state index contributed by atoms with van der Waals surface area (Å²) < 4.78 is 1.70. The SMILES string of the molecule is CC1CCCCN1C(=O)CCn1cncn1. The van der Waals surface area contributed by atoms with Crippen molar-refractivity contribution in [3.63, 3.8) is 0 Å². The first kappa shape index (κ1) is 11.1. The number of likely N-dealkylation sites (tertiary alicyclic amines) is 1. The number of carbonyl (C=O) groups excluding carboxylic acids is 1. The summed E-state index contributed by atoms with van der Waals surface area (Å²) in [5, 5.41) is 3.99. The summed E-state index contributed by atoms with van der Waals surface area (Å²) in [7, 11) is 0. The Bertz CT molecular complexity index is 336. The number of rotatable bonds is 3. The Hall–Kier alpha value is -1.39. The summed E-state index contributed by atoms with van der Waals surface area (Å²) in [6.07, 6.45) is 7.18. The standard InChI is InChI=1S/C11H18N4O/c1-10-4-2-3-6-15(10)11(16)5-7-14-9-12-8-13-14/h8-10H,2-7H2,1H3. The lowest BCUT2D eigenvalue weighted by Gasteiger charge is -2.33. The maximum absolute atomic E-state index is 12.0. The van der Waals surface area contributed by atoms with Crippen molar-refractivity contribution in [2.45, 2.75) is 45.2 Å². The fourth-order valence-electron chi connectivity index (χ4n) is 2.17. The molecule has 0 bridgehead atoms. The van der Waals surface area contributed by atoms with Gasteiger partial charge in [0.15, 0.2) is 0 Å². The molecule has 0 saturated carbocycles. The van der Waals surface area contributed by atoms with Gasteiger partial charge in [0.25, 0.3) is 0 Å². The summed E-state index contributed by atoms with van der Waals surface area (Å²) in [4.78, 5) is 17.8. The van der Waals surface area contributed by atoms with Crippen LogP contribution in [0.25, 0.3) is 0 Å². The van der Waals surface area contributed by atoms with Crippen molar-refractivity contribution in [2.75, 3.05) is 6.54 Å². The second-order valence-electron chi connectivity index (χ2n) is 4.34. The van der Waals surface area contributed by atoms with E-state index in [-0.39, 0.29) is 5.91 Å². The van der Waals surface area contributed by atoms with Crippen LogP contribution in [0.4, 0.5) is 0 Å². The number of amides is 1. The summed E-state index contributed by atoms with van der Waals surface area (Å²) in [5.41, 5.74) is 0. The Balaban J connectivity index is 1.83. The van der Waals surface area contributed by atoms with Crippen LogP contribution in [0.3, 0.4) is 0 Å². The Morgan fingerprint density at radius 3 is 3.06 bits per heavy atom. The lowest BCUT2D eigenvalue weighted by Crippen LogP contribution is -2.42. The fourth-order valence-corrected chi connectivity index (χ4v) is 2.17. The van der Waals surface area contributed by atoms with Gasteiger partial charge in [-0.3, -0.25) is 9.48 Å². The van der Waals surface area contributed by atoms with Crippen LogP contribution >= 0.6 is 0 Å². The van der Waals surface area contributed by atoms with Gasteiger partial charge < -0.3 is 4.90 Å². The highest BCUT2D eigenvalue weighted by atomic mass is 16.2. The molecule has 0 spiro atoms. The number of hydrogen-bond acceptors (Lipinski definition) is 3. The van der Waals surface area contributed by atoms with Crippen molar-refractivity contribution in [3.05, 3.63) is 12.7 Å².